The van der Waals surface area contributed by atoms with Crippen LogP contribution in [-0.4, -0.2) is 32.3 Å². The van der Waals surface area contributed by atoms with Crippen LogP contribution in [0.15, 0.2) is 53.4 Å². The highest BCUT2D eigenvalue weighted by atomic mass is 32.2. The molecule has 0 aliphatic rings. The number of halogens is 1. The van der Waals surface area contributed by atoms with Crippen LogP contribution in [0.5, 0.6) is 0 Å². The first-order valence-corrected chi connectivity index (χ1v) is 8.67. The number of ether oxygens (including phenoxy) is 1. The number of hydrogen-bond acceptors (Lipinski definition) is 4. The van der Waals surface area contributed by atoms with Crippen molar-refractivity contribution in [3.8, 4) is 0 Å². The van der Waals surface area contributed by atoms with E-state index in [2.05, 4.69) is 0 Å². The lowest BCUT2D eigenvalue weighted by atomic mass is 10.2. The van der Waals surface area contributed by atoms with Gasteiger partial charge in [-0.1, -0.05) is 36.4 Å². The molecular formula is C17H18FNO4S. The smallest absolute Gasteiger partial charge is 0.321 e. The maximum Gasteiger partial charge on any atom is 0.321 e. The van der Waals surface area contributed by atoms with Crippen molar-refractivity contribution in [2.24, 2.45) is 0 Å². The number of nitrogens with zero attached hydrogens (tertiary/aromatic N) is 1. The average Bonchev–Trinajstić information content (AvgIpc) is 2.56. The third-order valence-electron chi connectivity index (χ3n) is 3.43. The molecule has 0 atom stereocenters. The minimum atomic E-state index is -3.98. The molecule has 2 aromatic rings. The van der Waals surface area contributed by atoms with Crippen LogP contribution in [0.25, 0.3) is 0 Å². The van der Waals surface area contributed by atoms with Crippen LogP contribution < -0.4 is 0 Å². The van der Waals surface area contributed by atoms with Gasteiger partial charge in [0.15, 0.2) is 0 Å². The van der Waals surface area contributed by atoms with Gasteiger partial charge in [0.1, 0.15) is 19.0 Å². The van der Waals surface area contributed by atoms with Gasteiger partial charge in [-0.2, -0.15) is 4.31 Å². The van der Waals surface area contributed by atoms with Gasteiger partial charge >= 0.3 is 5.97 Å². The zero-order valence-electron chi connectivity index (χ0n) is 13.4. The minimum absolute atomic E-state index is 0.0621. The molecule has 0 fully saturated rings. The molecule has 0 aliphatic heterocycles. The summed E-state index contributed by atoms with van der Waals surface area (Å²) in [6.07, 6.45) is 0. The molecule has 7 heteroatoms. The Labute approximate surface area is 140 Å². The fraction of sp³-hybridized carbons (Fsp3) is 0.235. The molecule has 0 aromatic heterocycles. The SMILES string of the molecule is Cc1ccc(F)cc1S(=O)(=O)N(C)CC(=O)OCc1ccccc1. The molecule has 0 radical (unpaired) electrons. The summed E-state index contributed by atoms with van der Waals surface area (Å²) in [5.74, 6) is -1.33. The Bertz CT molecular complexity index is 822. The fourth-order valence-corrected chi connectivity index (χ4v) is 3.42. The molecule has 0 N–H and O–H groups in total. The first-order chi connectivity index (χ1) is 11.3. The van der Waals surface area contributed by atoms with E-state index in [1.54, 1.807) is 19.1 Å². The monoisotopic (exact) mass is 351 g/mol. The molecule has 0 amide bonds. The van der Waals surface area contributed by atoms with E-state index in [-0.39, 0.29) is 11.5 Å². The predicted octanol–water partition coefficient (Wildman–Crippen LogP) is 2.50. The number of carbonyl (C=O) groups excluding carboxylic acids is 1. The zero-order chi connectivity index (χ0) is 17.7. The summed E-state index contributed by atoms with van der Waals surface area (Å²) in [5, 5.41) is 0. The third kappa shape index (κ3) is 4.39. The van der Waals surface area contributed by atoms with E-state index in [0.29, 0.717) is 5.56 Å². The molecule has 0 unspecified atom stereocenters. The van der Waals surface area contributed by atoms with Gasteiger partial charge in [0.2, 0.25) is 10.0 Å². The van der Waals surface area contributed by atoms with E-state index in [4.69, 9.17) is 4.74 Å². The second-order valence-corrected chi connectivity index (χ2v) is 7.33. The molecule has 0 spiro atoms. The van der Waals surface area contributed by atoms with Crippen molar-refractivity contribution < 1.29 is 22.3 Å². The van der Waals surface area contributed by atoms with Gasteiger partial charge in [0, 0.05) is 7.05 Å². The molecule has 24 heavy (non-hydrogen) atoms. The van der Waals surface area contributed by atoms with Gasteiger partial charge in [0.05, 0.1) is 4.90 Å². The highest BCUT2D eigenvalue weighted by molar-refractivity contribution is 7.89. The number of likely N-dealkylation sites (N-methyl/N-ethyl adjacent to an activating group) is 1. The molecule has 0 bridgehead atoms. The van der Waals surface area contributed by atoms with Gasteiger partial charge in [0.25, 0.3) is 0 Å². The van der Waals surface area contributed by atoms with E-state index in [1.807, 2.05) is 18.2 Å². The first-order valence-electron chi connectivity index (χ1n) is 7.23. The molecule has 5 nitrogen and oxygen atoms in total. The van der Waals surface area contributed by atoms with E-state index >= 15 is 0 Å². The maximum atomic E-state index is 13.3. The molecule has 0 saturated heterocycles. The molecule has 128 valence electrons. The number of carbonyl (C=O) groups is 1. The highest BCUT2D eigenvalue weighted by Gasteiger charge is 2.25. The Kier molecular flexibility index (Phi) is 5.69. The summed E-state index contributed by atoms with van der Waals surface area (Å²) < 4.78 is 44.2. The van der Waals surface area contributed by atoms with Crippen LogP contribution in [0.4, 0.5) is 4.39 Å². The zero-order valence-corrected chi connectivity index (χ0v) is 14.2. The quantitative estimate of drug-likeness (QED) is 0.750. The Morgan fingerprint density at radius 2 is 1.83 bits per heavy atom. The van der Waals surface area contributed by atoms with Crippen LogP contribution in [0.1, 0.15) is 11.1 Å². The van der Waals surface area contributed by atoms with Crippen molar-refractivity contribution in [3.63, 3.8) is 0 Å². The minimum Gasteiger partial charge on any atom is -0.460 e. The van der Waals surface area contributed by atoms with Gasteiger partial charge in [-0.25, -0.2) is 12.8 Å². The topological polar surface area (TPSA) is 63.7 Å². The highest BCUT2D eigenvalue weighted by Crippen LogP contribution is 2.20. The molecule has 2 aromatic carbocycles. The number of rotatable bonds is 6. The van der Waals surface area contributed by atoms with Crippen molar-refractivity contribution in [1.82, 2.24) is 4.31 Å². The fourth-order valence-electron chi connectivity index (χ4n) is 2.07. The van der Waals surface area contributed by atoms with Crippen molar-refractivity contribution in [2.45, 2.75) is 18.4 Å². The average molecular weight is 351 g/mol. The summed E-state index contributed by atoms with van der Waals surface area (Å²) in [6.45, 7) is 1.17. The summed E-state index contributed by atoms with van der Waals surface area (Å²) in [6, 6.07) is 12.6. The molecule has 2 rings (SSSR count). The van der Waals surface area contributed by atoms with Crippen molar-refractivity contribution >= 4 is 16.0 Å². The van der Waals surface area contributed by atoms with Crippen molar-refractivity contribution in [2.75, 3.05) is 13.6 Å². The molecule has 0 saturated carbocycles. The number of esters is 1. The van der Waals surface area contributed by atoms with E-state index in [0.717, 1.165) is 15.9 Å². The van der Waals surface area contributed by atoms with Crippen LogP contribution in [-0.2, 0) is 26.2 Å². The van der Waals surface area contributed by atoms with Crippen molar-refractivity contribution in [1.29, 1.82) is 0 Å². The largest absolute Gasteiger partial charge is 0.460 e. The second-order valence-electron chi connectivity index (χ2n) is 5.32. The summed E-state index contributed by atoms with van der Waals surface area (Å²) in [5.41, 5.74) is 1.21. The summed E-state index contributed by atoms with van der Waals surface area (Å²) >= 11 is 0. The lowest BCUT2D eigenvalue weighted by Crippen LogP contribution is -2.33. The Balaban J connectivity index is 2.03. The van der Waals surface area contributed by atoms with E-state index in [9.17, 15) is 17.6 Å². The third-order valence-corrected chi connectivity index (χ3v) is 5.38. The number of hydrogen-bond donors (Lipinski definition) is 0. The van der Waals surface area contributed by atoms with Gasteiger partial charge in [-0.15, -0.1) is 0 Å². The summed E-state index contributed by atoms with van der Waals surface area (Å²) in [4.78, 5) is 11.7. The van der Waals surface area contributed by atoms with Gasteiger partial charge in [-0.05, 0) is 30.2 Å². The standard InChI is InChI=1S/C17H18FNO4S/c1-13-8-9-15(18)10-16(13)24(21,22)19(2)11-17(20)23-12-14-6-4-3-5-7-14/h3-10H,11-12H2,1-2H3. The van der Waals surface area contributed by atoms with Crippen LogP contribution >= 0.6 is 0 Å². The van der Waals surface area contributed by atoms with Gasteiger partial charge in [-0.3, -0.25) is 4.79 Å². The van der Waals surface area contributed by atoms with E-state index in [1.165, 1.54) is 19.2 Å². The van der Waals surface area contributed by atoms with Gasteiger partial charge < -0.3 is 4.74 Å². The van der Waals surface area contributed by atoms with Crippen LogP contribution in [0.2, 0.25) is 0 Å². The number of aryl methyl sites for hydroxylation is 1. The lowest BCUT2D eigenvalue weighted by Gasteiger charge is -2.18. The number of benzene rings is 2. The predicted molar refractivity (Wildman–Crippen MR) is 87.2 cm³/mol. The lowest BCUT2D eigenvalue weighted by molar-refractivity contribution is -0.144. The van der Waals surface area contributed by atoms with E-state index < -0.39 is 28.4 Å². The van der Waals surface area contributed by atoms with Crippen LogP contribution in [0.3, 0.4) is 0 Å². The maximum absolute atomic E-state index is 13.3. The number of sulfonamides is 1. The molecule has 0 aliphatic carbocycles. The van der Waals surface area contributed by atoms with Crippen molar-refractivity contribution in [3.05, 3.63) is 65.5 Å². The second kappa shape index (κ2) is 7.55. The first kappa shape index (κ1) is 18.1. The Morgan fingerprint density at radius 1 is 1.17 bits per heavy atom. The Morgan fingerprint density at radius 3 is 2.50 bits per heavy atom. The van der Waals surface area contributed by atoms with Crippen LogP contribution in [0, 0.1) is 12.7 Å². The molecular weight excluding hydrogens is 333 g/mol. The Hall–Kier alpha value is -2.25. The summed E-state index contributed by atoms with van der Waals surface area (Å²) in [7, 11) is -2.72. The normalized spacial score (nSPS) is 11.5. The molecule has 0 heterocycles.